The molecule has 1 atom stereocenters. The first kappa shape index (κ1) is 27.5. The highest BCUT2D eigenvalue weighted by molar-refractivity contribution is 6.06. The van der Waals surface area contributed by atoms with Crippen LogP contribution in [0.5, 0.6) is 17.2 Å². The molecule has 0 aliphatic carbocycles. The number of fused-ring (bicyclic) bond motifs is 1. The number of imide groups is 1. The highest BCUT2D eigenvalue weighted by Crippen LogP contribution is 2.36. The number of carbonyl (C=O) groups excluding carboxylic acids is 4. The molecule has 2 aliphatic heterocycles. The van der Waals surface area contributed by atoms with E-state index in [1.165, 1.54) is 24.1 Å². The van der Waals surface area contributed by atoms with Crippen molar-refractivity contribution in [2.24, 2.45) is 0 Å². The number of hydrogen-bond acceptors (Lipinski definition) is 7. The Hall–Kier alpha value is -5.07. The summed E-state index contributed by atoms with van der Waals surface area (Å²) >= 11 is 0. The lowest BCUT2D eigenvalue weighted by molar-refractivity contribution is -0.136. The van der Waals surface area contributed by atoms with Gasteiger partial charge in [-0.15, -0.1) is 0 Å². The molecule has 2 N–H and O–H groups in total. The number of amides is 4. The zero-order valence-electron chi connectivity index (χ0n) is 21.5. The predicted octanol–water partition coefficient (Wildman–Crippen LogP) is 4.41. The molecule has 3 aromatic carbocycles. The molecule has 10 nitrogen and oxygen atoms in total. The van der Waals surface area contributed by atoms with Crippen LogP contribution in [0.2, 0.25) is 0 Å². The van der Waals surface area contributed by atoms with E-state index in [1.54, 1.807) is 12.1 Å². The largest absolute Gasteiger partial charge is 0.495 e. The van der Waals surface area contributed by atoms with Crippen molar-refractivity contribution in [3.63, 3.8) is 0 Å². The molecule has 2 aliphatic rings. The quantitative estimate of drug-likeness (QED) is 0.404. The number of methoxy groups -OCH3 is 1. The average Bonchev–Trinajstić information content (AvgIpc) is 3.24. The molecule has 1 saturated heterocycles. The number of carbonyl (C=O) groups is 4. The van der Waals surface area contributed by atoms with Gasteiger partial charge in [-0.05, 0) is 24.1 Å². The van der Waals surface area contributed by atoms with Crippen molar-refractivity contribution < 1.29 is 46.6 Å². The van der Waals surface area contributed by atoms with Crippen molar-refractivity contribution in [2.45, 2.75) is 32.0 Å². The van der Waals surface area contributed by atoms with Gasteiger partial charge in [0.1, 0.15) is 41.5 Å². The molecule has 3 aromatic rings. The molecule has 0 radical (unpaired) electrons. The van der Waals surface area contributed by atoms with E-state index in [1.807, 2.05) is 0 Å². The Labute approximate surface area is 231 Å². The van der Waals surface area contributed by atoms with E-state index in [-0.39, 0.29) is 54.5 Å². The van der Waals surface area contributed by atoms with Crippen LogP contribution < -0.4 is 20.1 Å². The van der Waals surface area contributed by atoms with E-state index >= 15 is 0 Å². The van der Waals surface area contributed by atoms with E-state index in [0.717, 1.165) is 18.2 Å². The van der Waals surface area contributed by atoms with Gasteiger partial charge < -0.3 is 19.1 Å². The van der Waals surface area contributed by atoms with Gasteiger partial charge in [-0.3, -0.25) is 25.0 Å². The number of benzene rings is 3. The van der Waals surface area contributed by atoms with Gasteiger partial charge in [0.2, 0.25) is 11.8 Å². The third-order valence-corrected chi connectivity index (χ3v) is 6.54. The van der Waals surface area contributed by atoms with Gasteiger partial charge in [0, 0.05) is 42.8 Å². The second-order valence-corrected chi connectivity index (χ2v) is 9.24. The van der Waals surface area contributed by atoms with Crippen molar-refractivity contribution in [2.75, 3.05) is 12.4 Å². The summed E-state index contributed by atoms with van der Waals surface area (Å²) in [5.74, 6) is -4.10. The number of rotatable bonds is 7. The van der Waals surface area contributed by atoms with Crippen LogP contribution in [0.1, 0.15) is 34.3 Å². The van der Waals surface area contributed by atoms with Crippen LogP contribution in [0.25, 0.3) is 0 Å². The Morgan fingerprint density at radius 1 is 1.02 bits per heavy atom. The molecule has 41 heavy (non-hydrogen) atoms. The number of ether oxygens (including phenoxy) is 3. The van der Waals surface area contributed by atoms with Gasteiger partial charge in [-0.2, -0.15) is 0 Å². The van der Waals surface area contributed by atoms with Gasteiger partial charge in [0.15, 0.2) is 5.82 Å². The second-order valence-electron chi connectivity index (χ2n) is 9.24. The Balaban J connectivity index is 1.23. The minimum atomic E-state index is -1.01. The number of nitrogens with zero attached hydrogens (tertiary/aromatic N) is 1. The second kappa shape index (κ2) is 11.2. The van der Waals surface area contributed by atoms with Gasteiger partial charge in [0.25, 0.3) is 5.91 Å². The summed E-state index contributed by atoms with van der Waals surface area (Å²) in [6.07, 6.45) is -0.690. The van der Waals surface area contributed by atoms with E-state index in [4.69, 9.17) is 14.2 Å². The predicted molar refractivity (Wildman–Crippen MR) is 136 cm³/mol. The molecule has 13 heteroatoms. The molecule has 2 heterocycles. The van der Waals surface area contributed by atoms with E-state index in [0.29, 0.717) is 17.2 Å². The number of anilines is 1. The maximum atomic E-state index is 14.6. The third-order valence-electron chi connectivity index (χ3n) is 6.54. The summed E-state index contributed by atoms with van der Waals surface area (Å²) in [5, 5.41) is 4.49. The van der Waals surface area contributed by atoms with Crippen LogP contribution in [0.3, 0.4) is 0 Å². The van der Waals surface area contributed by atoms with Crippen LogP contribution >= 0.6 is 0 Å². The highest BCUT2D eigenvalue weighted by atomic mass is 19.1. The minimum Gasteiger partial charge on any atom is -0.495 e. The fraction of sp³-hybridized carbons (Fsp3) is 0.214. The number of nitrogens with one attached hydrogen (secondary N) is 2. The van der Waals surface area contributed by atoms with Crippen molar-refractivity contribution in [1.29, 1.82) is 0 Å². The number of hydrogen-bond donors (Lipinski definition) is 2. The maximum Gasteiger partial charge on any atom is 0.412 e. The summed E-state index contributed by atoms with van der Waals surface area (Å²) in [6, 6.07) is 8.36. The molecular formula is C28H22F3N3O7. The molecule has 0 aromatic heterocycles. The molecule has 212 valence electrons. The van der Waals surface area contributed by atoms with Gasteiger partial charge >= 0.3 is 6.09 Å². The van der Waals surface area contributed by atoms with Gasteiger partial charge in [-0.25, -0.2) is 18.0 Å². The molecular weight excluding hydrogens is 547 g/mol. The average molecular weight is 569 g/mol. The SMILES string of the molecule is COc1c(COC(=O)Nc2ccc(Oc3cc(F)cc(F)c3)cc2F)ccc2c1C(=O)N(C1CCC(=O)NC1=O)C2. The smallest absolute Gasteiger partial charge is 0.412 e. The van der Waals surface area contributed by atoms with E-state index < -0.39 is 47.3 Å². The van der Waals surface area contributed by atoms with Crippen LogP contribution in [-0.2, 0) is 27.5 Å². The Kier molecular flexibility index (Phi) is 7.51. The lowest BCUT2D eigenvalue weighted by Crippen LogP contribution is -2.52. The van der Waals surface area contributed by atoms with Crippen molar-refractivity contribution in [3.8, 4) is 17.2 Å². The van der Waals surface area contributed by atoms with Crippen molar-refractivity contribution in [3.05, 3.63) is 82.7 Å². The van der Waals surface area contributed by atoms with Gasteiger partial charge in [-0.1, -0.05) is 12.1 Å². The number of piperidine rings is 1. The van der Waals surface area contributed by atoms with Crippen LogP contribution in [0.4, 0.5) is 23.7 Å². The van der Waals surface area contributed by atoms with E-state index in [9.17, 15) is 32.3 Å². The summed E-state index contributed by atoms with van der Waals surface area (Å²) < 4.78 is 57.2. The molecule has 4 amide bonds. The summed E-state index contributed by atoms with van der Waals surface area (Å²) in [6.45, 7) is -0.187. The first-order valence-electron chi connectivity index (χ1n) is 12.3. The first-order chi connectivity index (χ1) is 19.6. The first-order valence-corrected chi connectivity index (χ1v) is 12.3. The standard InChI is InChI=1S/C28H22F3N3O7/c1-39-25-15(3-2-14-12-34(27(37)24(14)25)22-6-7-23(35)33-26(22)36)13-40-28(38)32-21-5-4-18(11-20(21)31)41-19-9-16(29)8-17(30)10-19/h2-5,8-11,22H,6-7,12-13H2,1H3,(H,32,38)(H,33,35,36). The lowest BCUT2D eigenvalue weighted by Gasteiger charge is -2.29. The lowest BCUT2D eigenvalue weighted by atomic mass is 10.0. The summed E-state index contributed by atoms with van der Waals surface area (Å²) in [7, 11) is 1.35. The van der Waals surface area contributed by atoms with E-state index in [2.05, 4.69) is 10.6 Å². The summed E-state index contributed by atoms with van der Waals surface area (Å²) in [5.41, 5.74) is 0.934. The maximum absolute atomic E-state index is 14.6. The topological polar surface area (TPSA) is 123 Å². The zero-order valence-corrected chi connectivity index (χ0v) is 21.5. The van der Waals surface area contributed by atoms with Crippen LogP contribution in [0, 0.1) is 17.5 Å². The summed E-state index contributed by atoms with van der Waals surface area (Å²) in [4.78, 5) is 50.8. The molecule has 0 saturated carbocycles. The monoisotopic (exact) mass is 569 g/mol. The van der Waals surface area contributed by atoms with Crippen LogP contribution in [0.15, 0.2) is 48.5 Å². The molecule has 1 unspecified atom stereocenters. The minimum absolute atomic E-state index is 0.0645. The van der Waals surface area contributed by atoms with Crippen molar-refractivity contribution >= 4 is 29.5 Å². The Bertz CT molecular complexity index is 1560. The zero-order chi connectivity index (χ0) is 29.3. The molecule has 0 spiro atoms. The van der Waals surface area contributed by atoms with Crippen LogP contribution in [-0.4, -0.2) is 41.9 Å². The fourth-order valence-corrected chi connectivity index (χ4v) is 4.68. The Morgan fingerprint density at radius 3 is 2.46 bits per heavy atom. The molecule has 1 fully saturated rings. The fourth-order valence-electron chi connectivity index (χ4n) is 4.68. The van der Waals surface area contributed by atoms with Crippen molar-refractivity contribution in [1.82, 2.24) is 10.2 Å². The highest BCUT2D eigenvalue weighted by Gasteiger charge is 2.41. The normalized spacial score (nSPS) is 16.2. The third kappa shape index (κ3) is 5.78. The Morgan fingerprint density at radius 2 is 1.78 bits per heavy atom. The molecule has 0 bridgehead atoms. The molecule has 5 rings (SSSR count). The van der Waals surface area contributed by atoms with Gasteiger partial charge in [0.05, 0.1) is 18.4 Å². The number of halogens is 3.